The van der Waals surface area contributed by atoms with Crippen molar-refractivity contribution in [3.8, 4) is 0 Å². The number of rotatable bonds is 21. The fraction of sp³-hybridized carbons (Fsp3) is 0.667. The predicted octanol–water partition coefficient (Wildman–Crippen LogP) is 6.30. The lowest BCUT2D eigenvalue weighted by molar-refractivity contribution is -0.149. The Morgan fingerprint density at radius 2 is 1.68 bits per heavy atom. The molecule has 3 rings (SSSR count). The van der Waals surface area contributed by atoms with E-state index in [0.29, 0.717) is 24.4 Å². The number of carbonyl (C=O) groups is 5. The van der Waals surface area contributed by atoms with Crippen LogP contribution in [0.3, 0.4) is 0 Å². The number of carboxylic acid groups (broad SMARTS) is 1. The molecule has 0 aliphatic carbocycles. The molecule has 1 aromatic heterocycles. The summed E-state index contributed by atoms with van der Waals surface area (Å²) >= 11 is 1.19. The topological polar surface area (TPSA) is 170 Å². The highest BCUT2D eigenvalue weighted by molar-refractivity contribution is 7.09. The number of hydrogen-bond donors (Lipinski definition) is 4. The second-order valence-electron chi connectivity index (χ2n) is 16.0. The van der Waals surface area contributed by atoms with Gasteiger partial charge < -0.3 is 30.7 Å². The molecule has 56 heavy (non-hydrogen) atoms. The van der Waals surface area contributed by atoms with E-state index in [9.17, 15) is 29.1 Å². The van der Waals surface area contributed by atoms with Crippen molar-refractivity contribution in [2.75, 3.05) is 25.5 Å². The number of anilines is 1. The Hall–Kier alpha value is -4.04. The van der Waals surface area contributed by atoms with Crippen molar-refractivity contribution >= 4 is 46.7 Å². The zero-order chi connectivity index (χ0) is 41.7. The summed E-state index contributed by atoms with van der Waals surface area (Å²) in [5, 5.41) is 21.2. The average molecular weight is 799 g/mol. The van der Waals surface area contributed by atoms with Crippen LogP contribution in [0.15, 0.2) is 29.6 Å². The number of nitrogens with one attached hydrogen (secondary N) is 3. The third-order valence-corrected chi connectivity index (χ3v) is 11.7. The smallest absolute Gasteiger partial charge is 0.306 e. The normalized spacial score (nSPS) is 18.0. The molecule has 2 aromatic rings. The number of benzene rings is 1. The molecule has 14 heteroatoms. The molecule has 7 atom stereocenters. The molecule has 0 radical (unpaired) electrons. The van der Waals surface area contributed by atoms with Crippen LogP contribution in [0.2, 0.25) is 0 Å². The maximum Gasteiger partial charge on any atom is 0.306 e. The number of piperidine rings is 1. The monoisotopic (exact) mass is 798 g/mol. The van der Waals surface area contributed by atoms with Crippen LogP contribution in [0.5, 0.6) is 0 Å². The molecule has 0 spiro atoms. The number of ether oxygens (including phenoxy) is 1. The van der Waals surface area contributed by atoms with E-state index >= 15 is 0 Å². The van der Waals surface area contributed by atoms with Crippen molar-refractivity contribution in [1.29, 1.82) is 0 Å². The SMILES string of the molecule is CCC(C)C(NC(=O)C1CCCCN1C)C(=O)N(CC)[C@@H](C[C@H](OC(C)=O)c1nc(C(=O)N[C@H](Cc2ccc(NC(C)C)cc2)C[C@@H](C)C(=O)O)cs1)C(C)C. The van der Waals surface area contributed by atoms with Crippen molar-refractivity contribution in [3.63, 3.8) is 0 Å². The predicted molar refractivity (Wildman–Crippen MR) is 220 cm³/mol. The molecule has 13 nitrogen and oxygen atoms in total. The third-order valence-electron chi connectivity index (χ3n) is 10.7. The molecule has 2 heterocycles. The molecule has 0 bridgehead atoms. The summed E-state index contributed by atoms with van der Waals surface area (Å²) in [7, 11) is 1.95. The highest BCUT2D eigenvalue weighted by atomic mass is 32.1. The van der Waals surface area contributed by atoms with Crippen LogP contribution in [-0.2, 0) is 30.3 Å². The van der Waals surface area contributed by atoms with Crippen LogP contribution in [0.1, 0.15) is 128 Å². The average Bonchev–Trinajstić information content (AvgIpc) is 3.64. The zero-order valence-corrected chi connectivity index (χ0v) is 35.9. The van der Waals surface area contributed by atoms with E-state index in [2.05, 4.69) is 39.7 Å². The largest absolute Gasteiger partial charge is 0.481 e. The van der Waals surface area contributed by atoms with Crippen molar-refractivity contribution in [2.24, 2.45) is 17.8 Å². The molecular formula is C42H66N6O7S. The highest BCUT2D eigenvalue weighted by Gasteiger charge is 2.38. The summed E-state index contributed by atoms with van der Waals surface area (Å²) in [5.41, 5.74) is 2.04. The molecule has 4 N–H and O–H groups in total. The first kappa shape index (κ1) is 46.3. The number of esters is 1. The van der Waals surface area contributed by atoms with Gasteiger partial charge in [-0.2, -0.15) is 0 Å². The minimum atomic E-state index is -0.949. The third kappa shape index (κ3) is 13.6. The van der Waals surface area contributed by atoms with Crippen LogP contribution in [0, 0.1) is 17.8 Å². The summed E-state index contributed by atoms with van der Waals surface area (Å²) in [6.07, 6.45) is 3.48. The van der Waals surface area contributed by atoms with E-state index in [1.54, 1.807) is 17.2 Å². The Morgan fingerprint density at radius 1 is 1.00 bits per heavy atom. The van der Waals surface area contributed by atoms with E-state index in [1.807, 2.05) is 65.9 Å². The van der Waals surface area contributed by atoms with Crippen molar-refractivity contribution in [3.05, 3.63) is 45.9 Å². The van der Waals surface area contributed by atoms with E-state index in [0.717, 1.165) is 37.1 Å². The summed E-state index contributed by atoms with van der Waals surface area (Å²) in [6.45, 7) is 18.2. The van der Waals surface area contributed by atoms with Gasteiger partial charge in [-0.15, -0.1) is 11.3 Å². The number of thiazole rings is 1. The molecule has 312 valence electrons. The van der Waals surface area contributed by atoms with Crippen molar-refractivity contribution in [1.82, 2.24) is 25.4 Å². The number of carbonyl (C=O) groups excluding carboxylic acids is 4. The van der Waals surface area contributed by atoms with Crippen molar-refractivity contribution < 1.29 is 33.8 Å². The Labute approximate surface area is 337 Å². The van der Waals surface area contributed by atoms with Crippen LogP contribution in [0.25, 0.3) is 0 Å². The summed E-state index contributed by atoms with van der Waals surface area (Å²) in [6, 6.07) is 6.24. The van der Waals surface area contributed by atoms with Gasteiger partial charge in [0.05, 0.1) is 12.0 Å². The summed E-state index contributed by atoms with van der Waals surface area (Å²) < 4.78 is 5.84. The van der Waals surface area contributed by atoms with Gasteiger partial charge in [0.1, 0.15) is 16.7 Å². The Balaban J connectivity index is 1.84. The lowest BCUT2D eigenvalue weighted by Crippen LogP contribution is -2.58. The van der Waals surface area contributed by atoms with Crippen molar-refractivity contribution in [2.45, 2.75) is 144 Å². The number of aromatic nitrogens is 1. The second-order valence-corrected chi connectivity index (χ2v) is 16.9. The quantitative estimate of drug-likeness (QED) is 0.105. The maximum absolute atomic E-state index is 14.4. The minimum absolute atomic E-state index is 0.0512. The minimum Gasteiger partial charge on any atom is -0.481 e. The Bertz CT molecular complexity index is 1600. The first-order valence-corrected chi connectivity index (χ1v) is 21.2. The number of nitrogens with zero attached hydrogens (tertiary/aromatic N) is 3. The van der Waals surface area contributed by atoms with Crippen LogP contribution in [0.4, 0.5) is 5.69 Å². The first-order chi connectivity index (χ1) is 26.4. The molecular weight excluding hydrogens is 733 g/mol. The van der Waals surface area contributed by atoms with E-state index in [-0.39, 0.29) is 60.3 Å². The lowest BCUT2D eigenvalue weighted by atomic mass is 9.92. The van der Waals surface area contributed by atoms with E-state index in [4.69, 9.17) is 4.74 Å². The van der Waals surface area contributed by atoms with Crippen LogP contribution >= 0.6 is 11.3 Å². The lowest BCUT2D eigenvalue weighted by Gasteiger charge is -2.39. The van der Waals surface area contributed by atoms with Gasteiger partial charge in [0, 0.05) is 49.1 Å². The molecule has 1 aliphatic heterocycles. The number of likely N-dealkylation sites (N-methyl/N-ethyl adjacent to an activating group) is 2. The fourth-order valence-corrected chi connectivity index (χ4v) is 8.16. The van der Waals surface area contributed by atoms with Crippen LogP contribution in [-0.4, -0.2) is 99.9 Å². The number of aliphatic carboxylic acids is 1. The summed E-state index contributed by atoms with van der Waals surface area (Å²) in [4.78, 5) is 74.4. The number of likely N-dealkylation sites (tertiary alicyclic amines) is 1. The highest BCUT2D eigenvalue weighted by Crippen LogP contribution is 2.32. The molecule has 3 amide bonds. The maximum atomic E-state index is 14.4. The van der Waals surface area contributed by atoms with Crippen LogP contribution < -0.4 is 16.0 Å². The first-order valence-electron chi connectivity index (χ1n) is 20.3. The molecule has 0 saturated carbocycles. The standard InChI is InChI=1S/C42H66N6O7S/c1-11-27(7)37(46-39(51)34-15-13-14-20-47(34)10)41(52)48(12-2)35(25(3)4)23-36(55-29(9)49)40-45-33(24-56-40)38(50)44-32(21-28(8)42(53)54)22-30-16-18-31(19-17-30)43-26(5)6/h16-19,24-28,32,34-37,43H,11-15,20-23H2,1-10H3,(H,44,50)(H,46,51)(H,53,54)/t27?,28-,32+,34?,35+,36+,37?/m1/s1. The number of carboxylic acids is 1. The van der Waals surface area contributed by atoms with Gasteiger partial charge in [0.15, 0.2) is 6.10 Å². The fourth-order valence-electron chi connectivity index (χ4n) is 7.32. The zero-order valence-electron chi connectivity index (χ0n) is 35.1. The molecule has 1 saturated heterocycles. The van der Waals surface area contributed by atoms with Gasteiger partial charge in [-0.3, -0.25) is 28.9 Å². The molecule has 1 aromatic carbocycles. The van der Waals surface area contributed by atoms with E-state index < -0.39 is 42.0 Å². The van der Waals surface area contributed by atoms with Gasteiger partial charge in [0.2, 0.25) is 11.8 Å². The number of amides is 3. The van der Waals surface area contributed by atoms with Gasteiger partial charge in [-0.1, -0.05) is 59.6 Å². The molecule has 1 fully saturated rings. The van der Waals surface area contributed by atoms with Gasteiger partial charge >= 0.3 is 11.9 Å². The Kier molecular flexibility index (Phi) is 18.2. The van der Waals surface area contributed by atoms with Gasteiger partial charge in [0.25, 0.3) is 5.91 Å². The molecule has 3 unspecified atom stereocenters. The Morgan fingerprint density at radius 3 is 2.23 bits per heavy atom. The second kappa shape index (κ2) is 22.0. The van der Waals surface area contributed by atoms with Gasteiger partial charge in [-0.05, 0) is 89.6 Å². The number of hydrogen-bond acceptors (Lipinski definition) is 10. The van der Waals surface area contributed by atoms with Gasteiger partial charge in [-0.25, -0.2) is 4.98 Å². The van der Waals surface area contributed by atoms with E-state index in [1.165, 1.54) is 18.3 Å². The summed E-state index contributed by atoms with van der Waals surface area (Å²) in [5.74, 6) is -3.11. The molecule has 1 aliphatic rings.